The van der Waals surface area contributed by atoms with Gasteiger partial charge in [-0.2, -0.15) is 0 Å². The van der Waals surface area contributed by atoms with Crippen LogP contribution in [0.25, 0.3) is 0 Å². The number of benzene rings is 2. The molecule has 0 saturated heterocycles. The number of para-hydroxylation sites is 1. The zero-order valence-electron chi connectivity index (χ0n) is 14.8. The van der Waals surface area contributed by atoms with E-state index in [1.807, 2.05) is 19.1 Å². The average Bonchev–Trinajstić information content (AvgIpc) is 3.09. The van der Waals surface area contributed by atoms with Crippen LogP contribution in [-0.4, -0.2) is 16.8 Å². The fourth-order valence-corrected chi connectivity index (χ4v) is 4.02. The van der Waals surface area contributed by atoms with Gasteiger partial charge in [-0.05, 0) is 48.6 Å². The summed E-state index contributed by atoms with van der Waals surface area (Å²) < 4.78 is 5.96. The summed E-state index contributed by atoms with van der Waals surface area (Å²) in [6, 6.07) is 10.9. The van der Waals surface area contributed by atoms with Crippen molar-refractivity contribution in [3.05, 3.63) is 71.8 Å². The molecule has 1 aliphatic heterocycles. The number of phenols is 2. The molecule has 2 aromatic rings. The quantitative estimate of drug-likeness (QED) is 0.689. The lowest BCUT2D eigenvalue weighted by Crippen LogP contribution is -2.29. The monoisotopic (exact) mass is 349 g/mol. The molecule has 2 aliphatic rings. The zero-order chi connectivity index (χ0) is 18.3. The fourth-order valence-electron chi connectivity index (χ4n) is 4.02. The summed E-state index contributed by atoms with van der Waals surface area (Å²) in [4.78, 5) is 0. The number of aromatic hydroxyl groups is 2. The molecule has 3 N–H and O–H groups in total. The Morgan fingerprint density at radius 2 is 2.08 bits per heavy atom. The van der Waals surface area contributed by atoms with Crippen LogP contribution < -0.4 is 10.1 Å². The highest BCUT2D eigenvalue weighted by Gasteiger charge is 2.39. The lowest BCUT2D eigenvalue weighted by atomic mass is 9.76. The van der Waals surface area contributed by atoms with Crippen molar-refractivity contribution in [3.63, 3.8) is 0 Å². The average molecular weight is 349 g/mol. The zero-order valence-corrected chi connectivity index (χ0v) is 14.8. The van der Waals surface area contributed by atoms with Gasteiger partial charge in [0.2, 0.25) is 0 Å². The lowest BCUT2D eigenvalue weighted by molar-refractivity contribution is 0.347. The van der Waals surface area contributed by atoms with Crippen LogP contribution in [-0.2, 0) is 0 Å². The number of anilines is 1. The normalized spacial score (nSPS) is 23.0. The SMILES string of the molecule is C=C(C)COc1cccc2c1NC(c1ccc(O)cc1O)C1CC=CC21. The van der Waals surface area contributed by atoms with Gasteiger partial charge in [-0.25, -0.2) is 0 Å². The number of ether oxygens (including phenoxy) is 1. The van der Waals surface area contributed by atoms with E-state index in [9.17, 15) is 10.2 Å². The van der Waals surface area contributed by atoms with Gasteiger partial charge in [0.05, 0.1) is 11.7 Å². The number of fused-ring (bicyclic) bond motifs is 3. The van der Waals surface area contributed by atoms with E-state index < -0.39 is 0 Å². The molecule has 3 atom stereocenters. The highest BCUT2D eigenvalue weighted by atomic mass is 16.5. The van der Waals surface area contributed by atoms with Gasteiger partial charge in [-0.1, -0.05) is 30.9 Å². The van der Waals surface area contributed by atoms with Crippen LogP contribution >= 0.6 is 0 Å². The summed E-state index contributed by atoms with van der Waals surface area (Å²) in [5.41, 5.74) is 3.95. The van der Waals surface area contributed by atoms with E-state index in [0.29, 0.717) is 12.5 Å². The van der Waals surface area contributed by atoms with E-state index in [0.717, 1.165) is 29.0 Å². The molecule has 0 saturated carbocycles. The molecule has 0 fully saturated rings. The molecular weight excluding hydrogens is 326 g/mol. The minimum Gasteiger partial charge on any atom is -0.508 e. The Morgan fingerprint density at radius 3 is 2.85 bits per heavy atom. The summed E-state index contributed by atoms with van der Waals surface area (Å²) >= 11 is 0. The van der Waals surface area contributed by atoms with Crippen LogP contribution in [0.3, 0.4) is 0 Å². The predicted molar refractivity (Wildman–Crippen MR) is 103 cm³/mol. The van der Waals surface area contributed by atoms with Gasteiger partial charge in [-0.3, -0.25) is 0 Å². The predicted octanol–water partition coefficient (Wildman–Crippen LogP) is 4.88. The first-order valence-electron chi connectivity index (χ1n) is 8.90. The molecular formula is C22H23NO3. The van der Waals surface area contributed by atoms with E-state index in [1.54, 1.807) is 12.1 Å². The molecule has 4 rings (SSSR count). The third-order valence-corrected chi connectivity index (χ3v) is 5.18. The topological polar surface area (TPSA) is 61.7 Å². The van der Waals surface area contributed by atoms with Crippen molar-refractivity contribution in [2.45, 2.75) is 25.3 Å². The van der Waals surface area contributed by atoms with Crippen molar-refractivity contribution < 1.29 is 14.9 Å². The first-order valence-corrected chi connectivity index (χ1v) is 8.90. The summed E-state index contributed by atoms with van der Waals surface area (Å²) in [6.45, 7) is 6.31. The lowest BCUT2D eigenvalue weighted by Gasteiger charge is -2.38. The molecule has 0 amide bonds. The number of hydrogen-bond donors (Lipinski definition) is 3. The van der Waals surface area contributed by atoms with Crippen LogP contribution in [0.2, 0.25) is 0 Å². The molecule has 1 aliphatic carbocycles. The molecule has 134 valence electrons. The second-order valence-corrected chi connectivity index (χ2v) is 7.18. The second kappa shape index (κ2) is 6.45. The van der Waals surface area contributed by atoms with Crippen molar-refractivity contribution in [1.82, 2.24) is 0 Å². The molecule has 26 heavy (non-hydrogen) atoms. The van der Waals surface area contributed by atoms with E-state index in [-0.39, 0.29) is 23.5 Å². The highest BCUT2D eigenvalue weighted by Crippen LogP contribution is 2.53. The Labute approximate surface area is 153 Å². The van der Waals surface area contributed by atoms with Crippen LogP contribution in [0, 0.1) is 5.92 Å². The van der Waals surface area contributed by atoms with Crippen molar-refractivity contribution in [2.75, 3.05) is 11.9 Å². The largest absolute Gasteiger partial charge is 0.508 e. The smallest absolute Gasteiger partial charge is 0.143 e. The van der Waals surface area contributed by atoms with Gasteiger partial charge in [0.1, 0.15) is 23.9 Å². The van der Waals surface area contributed by atoms with Gasteiger partial charge < -0.3 is 20.3 Å². The van der Waals surface area contributed by atoms with Crippen LogP contribution in [0.1, 0.15) is 36.4 Å². The molecule has 1 heterocycles. The molecule has 4 heteroatoms. The number of allylic oxidation sites excluding steroid dienone is 2. The first kappa shape index (κ1) is 16.6. The van der Waals surface area contributed by atoms with Gasteiger partial charge in [-0.15, -0.1) is 0 Å². The number of rotatable bonds is 4. The van der Waals surface area contributed by atoms with Crippen molar-refractivity contribution >= 4 is 5.69 Å². The second-order valence-electron chi connectivity index (χ2n) is 7.18. The van der Waals surface area contributed by atoms with E-state index in [4.69, 9.17) is 4.74 Å². The first-order chi connectivity index (χ1) is 12.5. The third-order valence-electron chi connectivity index (χ3n) is 5.18. The molecule has 3 unspecified atom stereocenters. The minimum atomic E-state index is -0.0577. The maximum Gasteiger partial charge on any atom is 0.143 e. The Morgan fingerprint density at radius 1 is 1.23 bits per heavy atom. The van der Waals surface area contributed by atoms with Gasteiger partial charge in [0.25, 0.3) is 0 Å². The molecule has 0 bridgehead atoms. The standard InChI is InChI=1S/C22H23NO3/c1-13(2)12-26-20-8-4-7-17-15-5-3-6-16(15)21(23-22(17)20)18-10-9-14(24)11-19(18)25/h3-5,7-11,15-16,21,23-25H,1,6,12H2,2H3. The molecule has 4 nitrogen and oxygen atoms in total. The third kappa shape index (κ3) is 2.81. The van der Waals surface area contributed by atoms with Gasteiger partial charge >= 0.3 is 0 Å². The Balaban J connectivity index is 1.76. The summed E-state index contributed by atoms with van der Waals surface area (Å²) in [5, 5.41) is 23.6. The highest BCUT2D eigenvalue weighted by molar-refractivity contribution is 5.68. The van der Waals surface area contributed by atoms with E-state index in [2.05, 4.69) is 30.1 Å². The number of phenolic OH excluding ortho intramolecular Hbond substituents is 2. The van der Waals surface area contributed by atoms with Crippen LogP contribution in [0.5, 0.6) is 17.2 Å². The molecule has 0 aromatic heterocycles. The summed E-state index contributed by atoms with van der Waals surface area (Å²) in [5.74, 6) is 1.56. The summed E-state index contributed by atoms with van der Waals surface area (Å²) in [7, 11) is 0. The maximum atomic E-state index is 10.4. The molecule has 2 aromatic carbocycles. The van der Waals surface area contributed by atoms with E-state index >= 15 is 0 Å². The number of nitrogens with one attached hydrogen (secondary N) is 1. The van der Waals surface area contributed by atoms with Crippen LogP contribution in [0.4, 0.5) is 5.69 Å². The fraction of sp³-hybridized carbons (Fsp3) is 0.273. The van der Waals surface area contributed by atoms with Crippen molar-refractivity contribution in [1.29, 1.82) is 0 Å². The summed E-state index contributed by atoms with van der Waals surface area (Å²) in [6.07, 6.45) is 5.40. The Bertz CT molecular complexity index is 887. The number of hydrogen-bond acceptors (Lipinski definition) is 4. The molecule has 0 radical (unpaired) electrons. The maximum absolute atomic E-state index is 10.4. The Hall–Kier alpha value is -2.88. The van der Waals surface area contributed by atoms with Gasteiger partial charge in [0.15, 0.2) is 0 Å². The van der Waals surface area contributed by atoms with Gasteiger partial charge in [0, 0.05) is 17.5 Å². The van der Waals surface area contributed by atoms with Crippen molar-refractivity contribution in [2.24, 2.45) is 5.92 Å². The Kier molecular flexibility index (Phi) is 4.11. The minimum absolute atomic E-state index is 0.0577. The van der Waals surface area contributed by atoms with Crippen LogP contribution in [0.15, 0.2) is 60.7 Å². The molecule has 0 spiro atoms. The van der Waals surface area contributed by atoms with E-state index in [1.165, 1.54) is 11.6 Å². The van der Waals surface area contributed by atoms with Crippen molar-refractivity contribution in [3.8, 4) is 17.2 Å².